The van der Waals surface area contributed by atoms with Crippen molar-refractivity contribution in [3.8, 4) is 0 Å². The number of H-pyrrole nitrogens is 1. The molecule has 0 saturated carbocycles. The molecule has 0 fully saturated rings. The highest BCUT2D eigenvalue weighted by Crippen LogP contribution is 2.30. The summed E-state index contributed by atoms with van der Waals surface area (Å²) in [5.74, 6) is -4.02. The van der Waals surface area contributed by atoms with E-state index in [9.17, 15) is 4.79 Å². The summed E-state index contributed by atoms with van der Waals surface area (Å²) in [7, 11) is 0. The standard InChI is InChI=1S/C20H21N3O.C2H2O4/c21-20(24)14-6-8-18-16(10-14)17-11-15(7-9-19(17)23-18)22-12-13-4-2-1-3-5-13;3-1(4)2(5)6/h1-6,8,10,15,22-23H,7,9,11-12H2,(H2,21,24);(H,3,4)(H,5,6). The maximum absolute atomic E-state index is 11.5. The number of nitrogens with two attached hydrogens (primary N) is 1. The third-order valence-corrected chi connectivity index (χ3v) is 5.09. The Labute approximate surface area is 172 Å². The van der Waals surface area contributed by atoms with Gasteiger partial charge in [-0.05, 0) is 48.6 Å². The molecular formula is C22H23N3O5. The molecule has 4 rings (SSSR count). The molecule has 0 bridgehead atoms. The number of nitrogens with one attached hydrogen (secondary N) is 2. The normalized spacial score (nSPS) is 15.0. The smallest absolute Gasteiger partial charge is 0.414 e. The Morgan fingerprint density at radius 2 is 1.77 bits per heavy atom. The number of fused-ring (bicyclic) bond motifs is 3. The fourth-order valence-corrected chi connectivity index (χ4v) is 3.60. The van der Waals surface area contributed by atoms with E-state index in [1.807, 2.05) is 18.2 Å². The molecule has 1 unspecified atom stereocenters. The van der Waals surface area contributed by atoms with E-state index in [2.05, 4.69) is 34.6 Å². The summed E-state index contributed by atoms with van der Waals surface area (Å²) in [6, 6.07) is 16.6. The van der Waals surface area contributed by atoms with Crippen LogP contribution in [0.3, 0.4) is 0 Å². The molecule has 1 atom stereocenters. The Kier molecular flexibility index (Phi) is 6.48. The third-order valence-electron chi connectivity index (χ3n) is 5.09. The van der Waals surface area contributed by atoms with E-state index >= 15 is 0 Å². The minimum atomic E-state index is -1.82. The molecular weight excluding hydrogens is 386 g/mol. The minimum Gasteiger partial charge on any atom is -0.473 e. The van der Waals surface area contributed by atoms with Crippen molar-refractivity contribution in [1.29, 1.82) is 0 Å². The lowest BCUT2D eigenvalue weighted by Gasteiger charge is -2.24. The van der Waals surface area contributed by atoms with Crippen LogP contribution in [0.5, 0.6) is 0 Å². The summed E-state index contributed by atoms with van der Waals surface area (Å²) in [5.41, 5.74) is 11.0. The number of carboxylic acid groups (broad SMARTS) is 2. The average Bonchev–Trinajstić information content (AvgIpc) is 3.10. The number of amides is 1. The van der Waals surface area contributed by atoms with Crippen molar-refractivity contribution in [2.45, 2.75) is 31.8 Å². The van der Waals surface area contributed by atoms with Gasteiger partial charge in [-0.15, -0.1) is 0 Å². The summed E-state index contributed by atoms with van der Waals surface area (Å²) in [6.07, 6.45) is 3.13. The van der Waals surface area contributed by atoms with Crippen molar-refractivity contribution >= 4 is 28.7 Å². The second kappa shape index (κ2) is 9.23. The molecule has 8 heteroatoms. The number of hydrogen-bond donors (Lipinski definition) is 5. The van der Waals surface area contributed by atoms with Crippen LogP contribution in [0, 0.1) is 0 Å². The number of carbonyl (C=O) groups excluding carboxylic acids is 1. The van der Waals surface area contributed by atoms with E-state index in [-0.39, 0.29) is 5.91 Å². The second-order valence-corrected chi connectivity index (χ2v) is 7.12. The molecule has 1 heterocycles. The molecule has 1 aliphatic carbocycles. The third kappa shape index (κ3) is 5.03. The van der Waals surface area contributed by atoms with Crippen molar-refractivity contribution in [3.63, 3.8) is 0 Å². The van der Waals surface area contributed by atoms with Gasteiger partial charge in [0.15, 0.2) is 0 Å². The van der Waals surface area contributed by atoms with Gasteiger partial charge in [0.05, 0.1) is 0 Å². The van der Waals surface area contributed by atoms with E-state index in [1.54, 1.807) is 6.07 Å². The Morgan fingerprint density at radius 3 is 2.40 bits per heavy atom. The zero-order chi connectivity index (χ0) is 21.7. The molecule has 156 valence electrons. The lowest BCUT2D eigenvalue weighted by atomic mass is 9.91. The number of benzene rings is 2. The van der Waals surface area contributed by atoms with Crippen molar-refractivity contribution in [1.82, 2.24) is 10.3 Å². The van der Waals surface area contributed by atoms with Gasteiger partial charge in [-0.3, -0.25) is 4.79 Å². The van der Waals surface area contributed by atoms with Gasteiger partial charge in [0.25, 0.3) is 0 Å². The lowest BCUT2D eigenvalue weighted by Crippen LogP contribution is -2.33. The summed E-state index contributed by atoms with van der Waals surface area (Å²) in [5, 5.41) is 19.6. The first-order valence-electron chi connectivity index (χ1n) is 9.52. The topological polar surface area (TPSA) is 146 Å². The highest BCUT2D eigenvalue weighted by atomic mass is 16.4. The number of aromatic nitrogens is 1. The number of aliphatic carboxylic acids is 2. The molecule has 1 aliphatic rings. The van der Waals surface area contributed by atoms with Crippen LogP contribution >= 0.6 is 0 Å². The number of aryl methyl sites for hydroxylation is 1. The van der Waals surface area contributed by atoms with Gasteiger partial charge in [-0.25, -0.2) is 9.59 Å². The van der Waals surface area contributed by atoms with Crippen LogP contribution in [0.15, 0.2) is 48.5 Å². The predicted molar refractivity (Wildman–Crippen MR) is 111 cm³/mol. The average molecular weight is 409 g/mol. The van der Waals surface area contributed by atoms with Crippen LogP contribution in [0.25, 0.3) is 10.9 Å². The van der Waals surface area contributed by atoms with Crippen molar-refractivity contribution in [2.75, 3.05) is 0 Å². The van der Waals surface area contributed by atoms with Gasteiger partial charge in [-0.1, -0.05) is 30.3 Å². The fraction of sp³-hybridized carbons (Fsp3) is 0.227. The maximum Gasteiger partial charge on any atom is 0.414 e. The van der Waals surface area contributed by atoms with Crippen LogP contribution in [0.1, 0.15) is 33.6 Å². The van der Waals surface area contributed by atoms with E-state index < -0.39 is 11.9 Å². The van der Waals surface area contributed by atoms with Crippen LogP contribution in [0.4, 0.5) is 0 Å². The van der Waals surface area contributed by atoms with Gasteiger partial charge in [0.2, 0.25) is 5.91 Å². The SMILES string of the molecule is NC(=O)c1ccc2[nH]c3c(c2c1)CC(NCc1ccccc1)CC3.O=C(O)C(=O)O. The Hall–Kier alpha value is -3.65. The van der Waals surface area contributed by atoms with Crippen molar-refractivity contribution in [2.24, 2.45) is 5.73 Å². The zero-order valence-corrected chi connectivity index (χ0v) is 16.2. The van der Waals surface area contributed by atoms with E-state index in [0.717, 1.165) is 36.7 Å². The Balaban J connectivity index is 0.000000377. The molecule has 0 aliphatic heterocycles. The highest BCUT2D eigenvalue weighted by molar-refractivity contribution is 6.27. The number of hydrogen-bond acceptors (Lipinski definition) is 4. The number of carboxylic acids is 2. The number of rotatable bonds is 4. The first-order valence-corrected chi connectivity index (χ1v) is 9.52. The molecule has 0 radical (unpaired) electrons. The number of primary amides is 1. The van der Waals surface area contributed by atoms with Crippen LogP contribution < -0.4 is 11.1 Å². The first kappa shape index (κ1) is 21.1. The number of aromatic amines is 1. The highest BCUT2D eigenvalue weighted by Gasteiger charge is 2.22. The summed E-state index contributed by atoms with van der Waals surface area (Å²) in [6.45, 7) is 0.885. The van der Waals surface area contributed by atoms with Gasteiger partial charge >= 0.3 is 11.9 Å². The zero-order valence-electron chi connectivity index (χ0n) is 16.2. The summed E-state index contributed by atoms with van der Waals surface area (Å²) < 4.78 is 0. The molecule has 1 amide bonds. The predicted octanol–water partition coefficient (Wildman–Crippen LogP) is 2.07. The van der Waals surface area contributed by atoms with E-state index in [4.69, 9.17) is 25.5 Å². The van der Waals surface area contributed by atoms with Gasteiger partial charge in [0.1, 0.15) is 0 Å². The molecule has 30 heavy (non-hydrogen) atoms. The maximum atomic E-state index is 11.5. The minimum absolute atomic E-state index is 0.374. The molecule has 0 spiro atoms. The van der Waals surface area contributed by atoms with Crippen LogP contribution in [-0.4, -0.2) is 39.1 Å². The monoisotopic (exact) mass is 409 g/mol. The summed E-state index contributed by atoms with van der Waals surface area (Å²) in [4.78, 5) is 33.2. The van der Waals surface area contributed by atoms with Crippen molar-refractivity contribution < 1.29 is 24.6 Å². The van der Waals surface area contributed by atoms with Crippen LogP contribution in [0.2, 0.25) is 0 Å². The first-order chi connectivity index (χ1) is 14.3. The Bertz CT molecular complexity index is 1060. The molecule has 8 nitrogen and oxygen atoms in total. The van der Waals surface area contributed by atoms with Crippen LogP contribution in [-0.2, 0) is 29.0 Å². The molecule has 2 aromatic carbocycles. The van der Waals surface area contributed by atoms with E-state index in [1.165, 1.54) is 16.8 Å². The fourth-order valence-electron chi connectivity index (χ4n) is 3.60. The quantitative estimate of drug-likeness (QED) is 0.417. The second-order valence-electron chi connectivity index (χ2n) is 7.12. The number of carbonyl (C=O) groups is 3. The van der Waals surface area contributed by atoms with E-state index in [0.29, 0.717) is 11.6 Å². The van der Waals surface area contributed by atoms with Gasteiger partial charge < -0.3 is 26.2 Å². The molecule has 6 N–H and O–H groups in total. The van der Waals surface area contributed by atoms with Gasteiger partial charge in [0, 0.05) is 34.7 Å². The summed E-state index contributed by atoms with van der Waals surface area (Å²) >= 11 is 0. The molecule has 3 aromatic rings. The Morgan fingerprint density at radius 1 is 1.07 bits per heavy atom. The lowest BCUT2D eigenvalue weighted by molar-refractivity contribution is -0.159. The molecule has 1 aromatic heterocycles. The molecule has 0 saturated heterocycles. The van der Waals surface area contributed by atoms with Gasteiger partial charge in [-0.2, -0.15) is 0 Å². The largest absolute Gasteiger partial charge is 0.473 e. The van der Waals surface area contributed by atoms with Crippen molar-refractivity contribution in [3.05, 3.63) is 70.9 Å².